The second-order valence-electron chi connectivity index (χ2n) is 6.92. The van der Waals surface area contributed by atoms with Crippen molar-refractivity contribution in [1.82, 2.24) is 14.9 Å². The lowest BCUT2D eigenvalue weighted by Crippen LogP contribution is -2.54. The smallest absolute Gasteiger partial charge is 0.318 e. The maximum Gasteiger partial charge on any atom is 0.335 e. The summed E-state index contributed by atoms with van der Waals surface area (Å²) in [6, 6.07) is 9.08. The Labute approximate surface area is 187 Å². The second-order valence-corrected chi connectivity index (χ2v) is 7.76. The topological polar surface area (TPSA) is 84.3 Å². The number of pyridine rings is 1. The SMILES string of the molecule is Cc1cc(C=C2C(=O)NC(=O)N(c3ccc(Cl)cc3Cl)C2=O)c(C)n1-c1ccncc1. The number of nitrogens with zero attached hydrogens (tertiary/aromatic N) is 3. The molecule has 1 aromatic carbocycles. The van der Waals surface area contributed by atoms with Gasteiger partial charge in [-0.3, -0.25) is 19.9 Å². The fourth-order valence-corrected chi connectivity index (χ4v) is 4.01. The van der Waals surface area contributed by atoms with Gasteiger partial charge in [0.25, 0.3) is 11.8 Å². The van der Waals surface area contributed by atoms with E-state index in [1.807, 2.05) is 36.6 Å². The molecule has 1 saturated heterocycles. The number of carbonyl (C=O) groups excluding carboxylic acids is 3. The number of hydrogen-bond acceptors (Lipinski definition) is 4. The van der Waals surface area contributed by atoms with Gasteiger partial charge in [0.15, 0.2) is 0 Å². The van der Waals surface area contributed by atoms with Crippen molar-refractivity contribution in [3.8, 4) is 5.69 Å². The second kappa shape index (κ2) is 8.02. The van der Waals surface area contributed by atoms with E-state index >= 15 is 0 Å². The maximum atomic E-state index is 13.1. The first-order valence-corrected chi connectivity index (χ1v) is 9.99. The zero-order valence-corrected chi connectivity index (χ0v) is 18.0. The Kier molecular flexibility index (Phi) is 5.39. The standard InChI is InChI=1S/C22H16Cl2N4O3/c1-12-9-14(13(2)27(12)16-5-7-25-8-6-16)10-17-20(29)26-22(31)28(21(17)30)19-4-3-15(23)11-18(19)24/h3-11H,1-2H3,(H,26,29,31). The minimum atomic E-state index is -0.876. The van der Waals surface area contributed by atoms with Gasteiger partial charge in [-0.1, -0.05) is 23.2 Å². The van der Waals surface area contributed by atoms with Gasteiger partial charge in [-0.05, 0) is 61.9 Å². The molecule has 4 amide bonds. The molecule has 7 nitrogen and oxygen atoms in total. The van der Waals surface area contributed by atoms with Crippen LogP contribution in [0.15, 0.2) is 54.4 Å². The molecule has 0 spiro atoms. The van der Waals surface area contributed by atoms with E-state index < -0.39 is 17.8 Å². The third-order valence-corrected chi connectivity index (χ3v) is 5.48. The number of rotatable bonds is 3. The fourth-order valence-electron chi connectivity index (χ4n) is 3.52. The van der Waals surface area contributed by atoms with Crippen molar-refractivity contribution in [2.75, 3.05) is 4.90 Å². The third kappa shape index (κ3) is 3.73. The highest BCUT2D eigenvalue weighted by Crippen LogP contribution is 2.32. The monoisotopic (exact) mass is 454 g/mol. The van der Waals surface area contributed by atoms with Gasteiger partial charge in [0, 0.05) is 34.5 Å². The van der Waals surface area contributed by atoms with E-state index in [0.29, 0.717) is 10.6 Å². The van der Waals surface area contributed by atoms with Crippen molar-refractivity contribution in [2.24, 2.45) is 0 Å². The minimum Gasteiger partial charge on any atom is -0.318 e. The summed E-state index contributed by atoms with van der Waals surface area (Å²) in [6.07, 6.45) is 4.84. The molecule has 2 aromatic heterocycles. The maximum absolute atomic E-state index is 13.1. The van der Waals surface area contributed by atoms with Crippen LogP contribution < -0.4 is 10.2 Å². The third-order valence-electron chi connectivity index (χ3n) is 4.94. The first-order chi connectivity index (χ1) is 14.8. The number of aromatic nitrogens is 2. The van der Waals surface area contributed by atoms with Crippen LogP contribution in [-0.4, -0.2) is 27.4 Å². The molecule has 9 heteroatoms. The predicted molar refractivity (Wildman–Crippen MR) is 119 cm³/mol. The molecule has 156 valence electrons. The van der Waals surface area contributed by atoms with E-state index in [-0.39, 0.29) is 16.3 Å². The van der Waals surface area contributed by atoms with Crippen molar-refractivity contribution in [3.63, 3.8) is 0 Å². The number of urea groups is 1. The molecule has 31 heavy (non-hydrogen) atoms. The van der Waals surface area contributed by atoms with Crippen LogP contribution in [0.5, 0.6) is 0 Å². The summed E-state index contributed by atoms with van der Waals surface area (Å²) in [6.45, 7) is 3.80. The molecule has 4 rings (SSSR count). The number of barbiturate groups is 1. The summed E-state index contributed by atoms with van der Waals surface area (Å²) in [7, 11) is 0. The van der Waals surface area contributed by atoms with E-state index in [2.05, 4.69) is 10.3 Å². The average molecular weight is 455 g/mol. The fraction of sp³-hybridized carbons (Fsp3) is 0.0909. The molecule has 0 atom stereocenters. The van der Waals surface area contributed by atoms with Crippen molar-refractivity contribution in [1.29, 1.82) is 0 Å². The van der Waals surface area contributed by atoms with Crippen molar-refractivity contribution >= 4 is 52.8 Å². The Morgan fingerprint density at radius 1 is 1.00 bits per heavy atom. The highest BCUT2D eigenvalue weighted by molar-refractivity contribution is 6.42. The van der Waals surface area contributed by atoms with E-state index in [1.165, 1.54) is 24.3 Å². The van der Waals surface area contributed by atoms with Gasteiger partial charge < -0.3 is 4.57 Å². The molecule has 3 aromatic rings. The molecule has 0 unspecified atom stereocenters. The molecule has 1 aliphatic heterocycles. The van der Waals surface area contributed by atoms with Gasteiger partial charge in [-0.2, -0.15) is 0 Å². The van der Waals surface area contributed by atoms with Crippen molar-refractivity contribution in [2.45, 2.75) is 13.8 Å². The van der Waals surface area contributed by atoms with E-state index in [0.717, 1.165) is 22.0 Å². The Balaban J connectivity index is 1.78. The largest absolute Gasteiger partial charge is 0.335 e. The Bertz CT molecular complexity index is 1270. The minimum absolute atomic E-state index is 0.112. The highest BCUT2D eigenvalue weighted by Gasteiger charge is 2.38. The normalized spacial score (nSPS) is 15.5. The molecule has 1 N–H and O–H groups in total. The quantitative estimate of drug-likeness (QED) is 0.467. The number of hydrogen-bond donors (Lipinski definition) is 1. The first kappa shape index (κ1) is 20.8. The molecule has 0 aliphatic carbocycles. The number of nitrogens with one attached hydrogen (secondary N) is 1. The molecule has 0 bridgehead atoms. The number of anilines is 1. The predicted octanol–water partition coefficient (Wildman–Crippen LogP) is 4.46. The average Bonchev–Trinajstić information content (AvgIpc) is 3.00. The lowest BCUT2D eigenvalue weighted by Gasteiger charge is -2.27. The molecule has 1 aliphatic rings. The first-order valence-electron chi connectivity index (χ1n) is 9.24. The number of imide groups is 2. The Morgan fingerprint density at radius 2 is 1.71 bits per heavy atom. The number of benzene rings is 1. The van der Waals surface area contributed by atoms with Crippen LogP contribution in [0.4, 0.5) is 10.5 Å². The summed E-state index contributed by atoms with van der Waals surface area (Å²) < 4.78 is 1.98. The van der Waals surface area contributed by atoms with Crippen LogP contribution in [0.25, 0.3) is 11.8 Å². The molecular formula is C22H16Cl2N4O3. The Hall–Kier alpha value is -3.42. The highest BCUT2D eigenvalue weighted by atomic mass is 35.5. The van der Waals surface area contributed by atoms with E-state index in [4.69, 9.17) is 23.2 Å². The van der Waals surface area contributed by atoms with E-state index in [1.54, 1.807) is 12.4 Å². The van der Waals surface area contributed by atoms with Crippen LogP contribution in [0, 0.1) is 13.8 Å². The van der Waals surface area contributed by atoms with Crippen LogP contribution in [0.2, 0.25) is 10.0 Å². The van der Waals surface area contributed by atoms with Gasteiger partial charge >= 0.3 is 6.03 Å². The van der Waals surface area contributed by atoms with Gasteiger partial charge in [-0.15, -0.1) is 0 Å². The number of halogens is 2. The van der Waals surface area contributed by atoms with Crippen LogP contribution in [0.1, 0.15) is 17.0 Å². The number of amides is 4. The lowest BCUT2D eigenvalue weighted by atomic mass is 10.1. The van der Waals surface area contributed by atoms with Crippen LogP contribution in [0.3, 0.4) is 0 Å². The Morgan fingerprint density at radius 3 is 2.39 bits per heavy atom. The molecule has 0 radical (unpaired) electrons. The van der Waals surface area contributed by atoms with Gasteiger partial charge in [0.1, 0.15) is 5.57 Å². The van der Waals surface area contributed by atoms with Crippen molar-refractivity contribution in [3.05, 3.63) is 81.4 Å². The summed E-state index contributed by atoms with van der Waals surface area (Å²) in [5, 5.41) is 2.66. The molecule has 0 saturated carbocycles. The molecular weight excluding hydrogens is 439 g/mol. The number of aryl methyl sites for hydroxylation is 1. The molecule has 3 heterocycles. The van der Waals surface area contributed by atoms with Gasteiger partial charge in [-0.25, -0.2) is 9.69 Å². The number of carbonyl (C=O) groups is 3. The van der Waals surface area contributed by atoms with E-state index in [9.17, 15) is 14.4 Å². The van der Waals surface area contributed by atoms with Crippen LogP contribution in [-0.2, 0) is 9.59 Å². The summed E-state index contributed by atoms with van der Waals surface area (Å²) in [4.78, 5) is 42.9. The zero-order valence-electron chi connectivity index (χ0n) is 16.5. The van der Waals surface area contributed by atoms with Gasteiger partial charge in [0.05, 0.1) is 10.7 Å². The lowest BCUT2D eigenvalue weighted by molar-refractivity contribution is -0.122. The summed E-state index contributed by atoms with van der Waals surface area (Å²) >= 11 is 12.1. The van der Waals surface area contributed by atoms with Crippen LogP contribution >= 0.6 is 23.2 Å². The molecule has 1 fully saturated rings. The summed E-state index contributed by atoms with van der Waals surface area (Å²) in [5.74, 6) is -1.54. The van der Waals surface area contributed by atoms with Crippen molar-refractivity contribution < 1.29 is 14.4 Å². The van der Waals surface area contributed by atoms with Gasteiger partial charge in [0.2, 0.25) is 0 Å². The summed E-state index contributed by atoms with van der Waals surface area (Å²) in [5.41, 5.74) is 3.26. The zero-order chi connectivity index (χ0) is 22.3.